The highest BCUT2D eigenvalue weighted by Gasteiger charge is 2.31. The largest absolute Gasteiger partial charge is 0.351 e. The molecule has 1 fully saturated rings. The van der Waals surface area contributed by atoms with Gasteiger partial charge >= 0.3 is 0 Å². The lowest BCUT2D eigenvalue weighted by molar-refractivity contribution is -0.126. The number of hydrogen-bond donors (Lipinski definition) is 1. The predicted octanol–water partition coefficient (Wildman–Crippen LogP) is 3.08. The van der Waals surface area contributed by atoms with Gasteiger partial charge in [0, 0.05) is 28.8 Å². The van der Waals surface area contributed by atoms with Crippen LogP contribution in [-0.2, 0) is 21.4 Å². The molecule has 0 radical (unpaired) electrons. The van der Waals surface area contributed by atoms with Gasteiger partial charge < -0.3 is 5.32 Å². The normalized spacial score (nSPS) is 16.5. The molecule has 1 aliphatic rings. The maximum Gasteiger partial charge on any atom is 0.243 e. The number of nitrogens with zero attached hydrogens (tertiary/aromatic N) is 1. The first-order valence-electron chi connectivity index (χ1n) is 8.76. The topological polar surface area (TPSA) is 66.5 Å². The lowest BCUT2D eigenvalue weighted by Gasteiger charge is -2.30. The third kappa shape index (κ3) is 4.34. The average Bonchev–Trinajstić information content (AvgIpc) is 3.05. The van der Waals surface area contributed by atoms with Gasteiger partial charge in [-0.25, -0.2) is 8.42 Å². The van der Waals surface area contributed by atoms with Crippen molar-refractivity contribution >= 4 is 27.3 Å². The Morgan fingerprint density at radius 3 is 2.35 bits per heavy atom. The number of rotatable bonds is 5. The van der Waals surface area contributed by atoms with Crippen molar-refractivity contribution in [3.05, 3.63) is 51.7 Å². The molecule has 0 spiro atoms. The maximum absolute atomic E-state index is 12.7. The smallest absolute Gasteiger partial charge is 0.243 e. The molecule has 0 unspecified atom stereocenters. The fourth-order valence-corrected chi connectivity index (χ4v) is 5.42. The zero-order valence-electron chi connectivity index (χ0n) is 15.1. The van der Waals surface area contributed by atoms with E-state index in [-0.39, 0.29) is 11.8 Å². The van der Waals surface area contributed by atoms with E-state index in [0.29, 0.717) is 37.4 Å². The molecule has 1 N–H and O–H groups in total. The van der Waals surface area contributed by atoms with E-state index in [0.717, 1.165) is 10.4 Å². The van der Waals surface area contributed by atoms with Crippen molar-refractivity contribution in [2.24, 2.45) is 5.92 Å². The minimum atomic E-state index is -3.48. The van der Waals surface area contributed by atoms with Gasteiger partial charge in [0.2, 0.25) is 15.9 Å². The Bertz CT molecular complexity index is 864. The van der Waals surface area contributed by atoms with E-state index in [4.69, 9.17) is 0 Å². The van der Waals surface area contributed by atoms with Gasteiger partial charge in [-0.3, -0.25) is 4.79 Å². The summed E-state index contributed by atoms with van der Waals surface area (Å²) in [5, 5.41) is 2.98. The highest BCUT2D eigenvalue weighted by atomic mass is 32.2. The second kappa shape index (κ2) is 7.90. The third-order valence-electron chi connectivity index (χ3n) is 4.72. The first kappa shape index (κ1) is 19.1. The molecule has 5 nitrogen and oxygen atoms in total. The van der Waals surface area contributed by atoms with Crippen LogP contribution in [0, 0.1) is 19.8 Å². The highest BCUT2D eigenvalue weighted by Crippen LogP contribution is 2.24. The van der Waals surface area contributed by atoms with E-state index in [1.54, 1.807) is 35.6 Å². The summed E-state index contributed by atoms with van der Waals surface area (Å²) in [6.45, 7) is 5.27. The number of thiophene rings is 1. The maximum atomic E-state index is 12.7. The minimum Gasteiger partial charge on any atom is -0.351 e. The fourth-order valence-electron chi connectivity index (χ4n) is 3.12. The van der Waals surface area contributed by atoms with Crippen molar-refractivity contribution in [1.82, 2.24) is 9.62 Å². The van der Waals surface area contributed by atoms with Crippen LogP contribution < -0.4 is 5.32 Å². The summed E-state index contributed by atoms with van der Waals surface area (Å²) >= 11 is 1.68. The Hall–Kier alpha value is -1.70. The Balaban J connectivity index is 1.54. The number of aryl methyl sites for hydroxylation is 2. The zero-order valence-corrected chi connectivity index (χ0v) is 16.7. The molecule has 2 aromatic rings. The standard InChI is InChI=1S/C19H24N2O3S2/c1-14-3-7-18(8-4-14)26(23,24)21-11-9-16(10-12-21)19(22)20-13-17-6-5-15(2)25-17/h3-8,16H,9-13H2,1-2H3,(H,20,22). The first-order chi connectivity index (χ1) is 12.4. The zero-order chi connectivity index (χ0) is 18.7. The van der Waals surface area contributed by atoms with Crippen molar-refractivity contribution in [3.8, 4) is 0 Å². The van der Waals surface area contributed by atoms with Gasteiger partial charge in [-0.1, -0.05) is 17.7 Å². The Morgan fingerprint density at radius 2 is 1.77 bits per heavy atom. The molecule has 7 heteroatoms. The number of nitrogens with one attached hydrogen (secondary N) is 1. The molecule has 3 rings (SSSR count). The quantitative estimate of drug-likeness (QED) is 0.850. The molecule has 1 aromatic carbocycles. The summed E-state index contributed by atoms with van der Waals surface area (Å²) in [7, 11) is -3.48. The number of carbonyl (C=O) groups is 1. The van der Waals surface area contributed by atoms with Crippen LogP contribution >= 0.6 is 11.3 Å². The Morgan fingerprint density at radius 1 is 1.12 bits per heavy atom. The number of piperidine rings is 1. The van der Waals surface area contributed by atoms with Crippen molar-refractivity contribution in [2.75, 3.05) is 13.1 Å². The number of benzene rings is 1. The van der Waals surface area contributed by atoms with Gasteiger partial charge in [0.15, 0.2) is 0 Å². The Kier molecular flexibility index (Phi) is 5.79. The summed E-state index contributed by atoms with van der Waals surface area (Å²) in [6.07, 6.45) is 1.11. The third-order valence-corrected chi connectivity index (χ3v) is 7.63. The molecule has 2 heterocycles. The summed E-state index contributed by atoms with van der Waals surface area (Å²) in [4.78, 5) is 15.0. The van der Waals surface area contributed by atoms with Gasteiger partial charge in [-0.15, -0.1) is 11.3 Å². The summed E-state index contributed by atoms with van der Waals surface area (Å²) in [5.74, 6) is -0.107. The lowest BCUT2D eigenvalue weighted by atomic mass is 9.97. The van der Waals surface area contributed by atoms with Crippen molar-refractivity contribution < 1.29 is 13.2 Å². The van der Waals surface area contributed by atoms with Crippen LogP contribution in [0.3, 0.4) is 0 Å². The van der Waals surface area contributed by atoms with Gasteiger partial charge in [-0.05, 0) is 51.0 Å². The summed E-state index contributed by atoms with van der Waals surface area (Å²) in [6, 6.07) is 11.0. The van der Waals surface area contributed by atoms with Crippen LogP contribution in [0.25, 0.3) is 0 Å². The number of amides is 1. The molecule has 0 bridgehead atoms. The van der Waals surface area contributed by atoms with Crippen LogP contribution in [0.15, 0.2) is 41.3 Å². The molecular formula is C19H24N2O3S2. The van der Waals surface area contributed by atoms with E-state index in [2.05, 4.69) is 5.32 Å². The number of sulfonamides is 1. The predicted molar refractivity (Wildman–Crippen MR) is 104 cm³/mol. The molecule has 26 heavy (non-hydrogen) atoms. The minimum absolute atomic E-state index is 0.0171. The Labute approximate surface area is 159 Å². The molecule has 140 valence electrons. The van der Waals surface area contributed by atoms with Crippen molar-refractivity contribution in [2.45, 2.75) is 38.1 Å². The van der Waals surface area contributed by atoms with E-state index >= 15 is 0 Å². The SMILES string of the molecule is Cc1ccc(S(=O)(=O)N2CCC(C(=O)NCc3ccc(C)s3)CC2)cc1. The van der Waals surface area contributed by atoms with Crippen LogP contribution in [0.1, 0.15) is 28.2 Å². The van der Waals surface area contributed by atoms with Crippen LogP contribution in [0.4, 0.5) is 0 Å². The monoisotopic (exact) mass is 392 g/mol. The highest BCUT2D eigenvalue weighted by molar-refractivity contribution is 7.89. The lowest BCUT2D eigenvalue weighted by Crippen LogP contribution is -2.42. The summed E-state index contributed by atoms with van der Waals surface area (Å²) < 4.78 is 26.9. The molecule has 0 atom stereocenters. The summed E-state index contributed by atoms with van der Waals surface area (Å²) in [5.41, 5.74) is 1.03. The fraction of sp³-hybridized carbons (Fsp3) is 0.421. The molecule has 1 saturated heterocycles. The average molecular weight is 393 g/mol. The second-order valence-electron chi connectivity index (χ2n) is 6.72. The van der Waals surface area contributed by atoms with E-state index in [1.807, 2.05) is 26.0 Å². The molecular weight excluding hydrogens is 368 g/mol. The van der Waals surface area contributed by atoms with Crippen LogP contribution in [-0.4, -0.2) is 31.7 Å². The first-order valence-corrected chi connectivity index (χ1v) is 11.0. The second-order valence-corrected chi connectivity index (χ2v) is 10.0. The van der Waals surface area contributed by atoms with E-state index < -0.39 is 10.0 Å². The van der Waals surface area contributed by atoms with Gasteiger partial charge in [0.1, 0.15) is 0 Å². The van der Waals surface area contributed by atoms with Crippen molar-refractivity contribution in [3.63, 3.8) is 0 Å². The molecule has 0 aliphatic carbocycles. The van der Waals surface area contributed by atoms with Gasteiger partial charge in [0.25, 0.3) is 0 Å². The number of carbonyl (C=O) groups excluding carboxylic acids is 1. The van der Waals surface area contributed by atoms with Crippen molar-refractivity contribution in [1.29, 1.82) is 0 Å². The van der Waals surface area contributed by atoms with E-state index in [1.165, 1.54) is 9.18 Å². The molecule has 0 saturated carbocycles. The van der Waals surface area contributed by atoms with Crippen LogP contribution in [0.5, 0.6) is 0 Å². The number of hydrogen-bond acceptors (Lipinski definition) is 4. The van der Waals surface area contributed by atoms with Gasteiger partial charge in [-0.2, -0.15) is 4.31 Å². The molecule has 1 aromatic heterocycles. The van der Waals surface area contributed by atoms with Gasteiger partial charge in [0.05, 0.1) is 11.4 Å². The van der Waals surface area contributed by atoms with Crippen LogP contribution in [0.2, 0.25) is 0 Å². The molecule has 1 aliphatic heterocycles. The molecule has 1 amide bonds. The van der Waals surface area contributed by atoms with E-state index in [9.17, 15) is 13.2 Å².